The fourth-order valence-corrected chi connectivity index (χ4v) is 8.79. The number of ether oxygens (including phenoxy) is 1. The standard InChI is InChI=1S/C29H43FN5O5PS2/c1-17(2)35(18(3)4)41(40-26-19(5)39-27(25(26)30)34-12-10-24(36)32-28(34)37)38-13-11-20-14-21-22(33(9)16-31-21)15-23(20)42-43-29(6,7)8/h10,12,14-19,25-27H,11,13H2,1-9H3,(H,32,36,37)/t19-,25+,26?,27-,41?/m1/s1/i5D. The molecule has 3 aromatic rings. The van der Waals surface area contributed by atoms with E-state index in [4.69, 9.17) is 15.2 Å². The number of aromatic nitrogens is 4. The lowest BCUT2D eigenvalue weighted by atomic mass is 10.1. The van der Waals surface area contributed by atoms with Gasteiger partial charge in [0.1, 0.15) is 6.10 Å². The minimum Gasteiger partial charge on any atom is -0.349 e. The van der Waals surface area contributed by atoms with Gasteiger partial charge in [-0.2, -0.15) is 0 Å². The fraction of sp³-hybridized carbons (Fsp3) is 0.621. The van der Waals surface area contributed by atoms with Gasteiger partial charge in [0.05, 0.1) is 30.1 Å². The molecule has 0 aliphatic carbocycles. The highest BCUT2D eigenvalue weighted by molar-refractivity contribution is 8.77. The van der Waals surface area contributed by atoms with E-state index in [0.29, 0.717) is 13.0 Å². The molecule has 0 spiro atoms. The Morgan fingerprint density at radius 1 is 1.26 bits per heavy atom. The molecule has 0 radical (unpaired) electrons. The fourth-order valence-electron chi connectivity index (χ4n) is 4.78. The first-order valence-corrected chi connectivity index (χ1v) is 17.6. The van der Waals surface area contributed by atoms with Crippen LogP contribution >= 0.6 is 30.1 Å². The third-order valence-electron chi connectivity index (χ3n) is 6.71. The largest absolute Gasteiger partial charge is 0.349 e. The Kier molecular flexibility index (Phi) is 10.7. The Hall–Kier alpha value is -1.73. The topological polar surface area (TPSA) is 104 Å². The van der Waals surface area contributed by atoms with Crippen LogP contribution in [0, 0.1) is 0 Å². The molecule has 0 bridgehead atoms. The van der Waals surface area contributed by atoms with Gasteiger partial charge >= 0.3 is 5.69 Å². The SMILES string of the molecule is [2H]C[C@H]1O[C@@H](n2ccc(=O)[nH]c2=O)[C@@H](F)C1OP(OCCc1cc2ncn(C)c2cc1SSC(C)(C)C)N(C(C)C)C(C)C. The first-order chi connectivity index (χ1) is 20.7. The van der Waals surface area contributed by atoms with Crippen LogP contribution in [0.15, 0.2) is 45.2 Å². The molecule has 1 aromatic carbocycles. The summed E-state index contributed by atoms with van der Waals surface area (Å²) in [5.74, 6) is 0. The monoisotopic (exact) mass is 656 g/mol. The maximum absolute atomic E-state index is 16.0. The summed E-state index contributed by atoms with van der Waals surface area (Å²) in [5, 5.41) is 0. The summed E-state index contributed by atoms with van der Waals surface area (Å²) in [7, 11) is 3.72. The Bertz CT molecular complexity index is 1520. The zero-order valence-electron chi connectivity index (χ0n) is 26.9. The van der Waals surface area contributed by atoms with E-state index < -0.39 is 44.4 Å². The molecule has 1 N–H and O–H groups in total. The molecule has 1 saturated heterocycles. The third-order valence-corrected chi connectivity index (χ3v) is 12.3. The van der Waals surface area contributed by atoms with Gasteiger partial charge in [-0.25, -0.2) is 18.8 Å². The van der Waals surface area contributed by atoms with E-state index >= 15 is 4.39 Å². The average molecular weight is 657 g/mol. The number of aryl methyl sites for hydroxylation is 1. The van der Waals surface area contributed by atoms with Crippen molar-refractivity contribution in [1.82, 2.24) is 23.8 Å². The van der Waals surface area contributed by atoms with E-state index in [1.165, 1.54) is 6.20 Å². The normalized spacial score (nSPS) is 22.3. The van der Waals surface area contributed by atoms with Gasteiger partial charge in [0.15, 0.2) is 12.4 Å². The predicted octanol–water partition coefficient (Wildman–Crippen LogP) is 6.21. The first-order valence-electron chi connectivity index (χ1n) is 15.0. The van der Waals surface area contributed by atoms with Crippen LogP contribution in [0.4, 0.5) is 4.39 Å². The van der Waals surface area contributed by atoms with Crippen LogP contribution in [0.25, 0.3) is 11.0 Å². The van der Waals surface area contributed by atoms with Crippen molar-refractivity contribution in [3.63, 3.8) is 0 Å². The lowest BCUT2D eigenvalue weighted by Gasteiger charge is -2.37. The maximum atomic E-state index is 16.0. The number of H-pyrrole nitrogens is 1. The van der Waals surface area contributed by atoms with Gasteiger partial charge in [-0.15, -0.1) is 0 Å². The molecular weight excluding hydrogens is 612 g/mol. The van der Waals surface area contributed by atoms with Crippen LogP contribution in [0.2, 0.25) is 0 Å². The number of aromatic amines is 1. The minimum absolute atomic E-state index is 0.0210. The summed E-state index contributed by atoms with van der Waals surface area (Å²) in [6.07, 6.45) is -1.61. The molecule has 1 aliphatic heterocycles. The van der Waals surface area contributed by atoms with Crippen molar-refractivity contribution in [1.29, 1.82) is 0 Å². The average Bonchev–Trinajstić information content (AvgIpc) is 3.44. The number of imidazole rings is 1. The molecule has 5 atom stereocenters. The van der Waals surface area contributed by atoms with Crippen LogP contribution in [0.3, 0.4) is 0 Å². The van der Waals surface area contributed by atoms with Gasteiger partial charge in [-0.3, -0.25) is 14.3 Å². The third kappa shape index (κ3) is 8.31. The summed E-state index contributed by atoms with van der Waals surface area (Å²) in [6.45, 7) is 14.7. The number of nitrogens with zero attached hydrogens (tertiary/aromatic N) is 4. The first kappa shape index (κ1) is 32.7. The molecule has 0 amide bonds. The van der Waals surface area contributed by atoms with Crippen molar-refractivity contribution in [3.05, 3.63) is 57.1 Å². The minimum atomic E-state index is -1.78. The molecule has 43 heavy (non-hydrogen) atoms. The molecule has 4 rings (SSSR count). The molecule has 14 heteroatoms. The van der Waals surface area contributed by atoms with Gasteiger partial charge in [-0.1, -0.05) is 42.4 Å². The van der Waals surface area contributed by atoms with Gasteiger partial charge in [0.25, 0.3) is 14.1 Å². The second-order valence-electron chi connectivity index (χ2n) is 12.1. The zero-order valence-corrected chi connectivity index (χ0v) is 28.5. The highest BCUT2D eigenvalue weighted by Gasteiger charge is 2.47. The number of hydrogen-bond donors (Lipinski definition) is 1. The second-order valence-corrected chi connectivity index (χ2v) is 16.5. The van der Waals surface area contributed by atoms with Gasteiger partial charge in [-0.05, 0) is 58.7 Å². The summed E-state index contributed by atoms with van der Waals surface area (Å²) < 4.78 is 47.8. The number of rotatable bonds is 12. The quantitative estimate of drug-likeness (QED) is 0.180. The van der Waals surface area contributed by atoms with Crippen molar-refractivity contribution in [2.75, 3.05) is 6.61 Å². The van der Waals surface area contributed by atoms with Crippen molar-refractivity contribution < 1.29 is 19.5 Å². The van der Waals surface area contributed by atoms with E-state index in [0.717, 1.165) is 32.1 Å². The van der Waals surface area contributed by atoms with E-state index in [-0.39, 0.29) is 23.7 Å². The summed E-state index contributed by atoms with van der Waals surface area (Å²) in [5.41, 5.74) is 1.68. The van der Waals surface area contributed by atoms with Crippen molar-refractivity contribution >= 4 is 41.1 Å². The molecular formula is C29H43FN5O5PS2. The second kappa shape index (κ2) is 14.1. The number of alkyl halides is 1. The smallest absolute Gasteiger partial charge is 0.330 e. The highest BCUT2D eigenvalue weighted by Crippen LogP contribution is 2.50. The molecule has 2 unspecified atom stereocenters. The van der Waals surface area contributed by atoms with Gasteiger partial charge in [0.2, 0.25) is 0 Å². The highest BCUT2D eigenvalue weighted by atomic mass is 33.1. The Balaban J connectivity index is 1.57. The van der Waals surface area contributed by atoms with E-state index in [9.17, 15) is 9.59 Å². The number of hydrogen-bond acceptors (Lipinski definition) is 9. The van der Waals surface area contributed by atoms with E-state index in [1.807, 2.05) is 39.3 Å². The van der Waals surface area contributed by atoms with Gasteiger partial charge < -0.3 is 18.4 Å². The molecule has 0 saturated carbocycles. The lowest BCUT2D eigenvalue weighted by molar-refractivity contribution is -0.0180. The van der Waals surface area contributed by atoms with Gasteiger partial charge in [0, 0.05) is 42.4 Å². The number of nitrogens with one attached hydrogen (secondary N) is 1. The maximum Gasteiger partial charge on any atom is 0.330 e. The summed E-state index contributed by atoms with van der Waals surface area (Å²) >= 11 is 0. The predicted molar refractivity (Wildman–Crippen MR) is 173 cm³/mol. The van der Waals surface area contributed by atoms with Crippen LogP contribution < -0.4 is 11.2 Å². The Morgan fingerprint density at radius 2 is 1.98 bits per heavy atom. The summed E-state index contributed by atoms with van der Waals surface area (Å²) in [4.78, 5) is 31.8. The van der Waals surface area contributed by atoms with Crippen LogP contribution in [0.1, 0.15) is 68.5 Å². The molecule has 1 fully saturated rings. The zero-order chi connectivity index (χ0) is 32.3. The van der Waals surface area contributed by atoms with E-state index in [2.05, 4.69) is 47.5 Å². The van der Waals surface area contributed by atoms with Crippen LogP contribution in [-0.4, -0.2) is 65.6 Å². The number of halogens is 1. The van der Waals surface area contributed by atoms with Crippen molar-refractivity contribution in [2.45, 2.75) is 108 Å². The van der Waals surface area contributed by atoms with E-state index in [1.54, 1.807) is 27.9 Å². The Labute approximate surface area is 262 Å². The van der Waals surface area contributed by atoms with Crippen LogP contribution in [-0.2, 0) is 27.3 Å². The number of benzene rings is 1. The van der Waals surface area contributed by atoms with Crippen molar-refractivity contribution in [2.24, 2.45) is 7.05 Å². The molecule has 2 aromatic heterocycles. The summed E-state index contributed by atoms with van der Waals surface area (Å²) in [6, 6.07) is 5.43. The Morgan fingerprint density at radius 3 is 2.60 bits per heavy atom. The molecule has 3 heterocycles. The lowest BCUT2D eigenvalue weighted by Crippen LogP contribution is -2.38. The molecule has 238 valence electrons. The van der Waals surface area contributed by atoms with Crippen molar-refractivity contribution in [3.8, 4) is 0 Å². The number of fused-ring (bicyclic) bond motifs is 1. The molecule has 10 nitrogen and oxygen atoms in total. The molecule has 1 aliphatic rings. The van der Waals surface area contributed by atoms with Crippen LogP contribution in [0.5, 0.6) is 0 Å².